The lowest BCUT2D eigenvalue weighted by Gasteiger charge is -1.99. The highest BCUT2D eigenvalue weighted by Crippen LogP contribution is 2.20. The molecule has 0 atom stereocenters. The van der Waals surface area contributed by atoms with Gasteiger partial charge in [-0.1, -0.05) is 35.9 Å². The fourth-order valence-electron chi connectivity index (χ4n) is 1.42. The first kappa shape index (κ1) is 14.6. The molecule has 7 heteroatoms. The van der Waals surface area contributed by atoms with Crippen molar-refractivity contribution in [2.45, 2.75) is 13.3 Å². The Hall–Kier alpha value is -1.79. The maximum Gasteiger partial charge on any atom is 0.250 e. The largest absolute Gasteiger partial charge is 0.297 e. The highest BCUT2D eigenvalue weighted by Gasteiger charge is 2.06. The van der Waals surface area contributed by atoms with Crippen LogP contribution in [0.3, 0.4) is 0 Å². The molecule has 0 radical (unpaired) electrons. The molecule has 1 N–H and O–H groups in total. The Morgan fingerprint density at radius 2 is 2.30 bits per heavy atom. The summed E-state index contributed by atoms with van der Waals surface area (Å²) in [5, 5.41) is 11.8. The van der Waals surface area contributed by atoms with Crippen LogP contribution >= 0.6 is 22.9 Å². The second-order valence-electron chi connectivity index (χ2n) is 3.81. The van der Waals surface area contributed by atoms with E-state index in [-0.39, 0.29) is 10.6 Å². The normalized spacial score (nSPS) is 10.9. The highest BCUT2D eigenvalue weighted by molar-refractivity contribution is 7.15. The topological polar surface area (TPSA) is 54.9 Å². The number of benzene rings is 1. The number of hydrogen-bond donors (Lipinski definition) is 1. The molecule has 2 rings (SSSR count). The fraction of sp³-hybridized carbons (Fsp3) is 0.154. The Morgan fingerprint density at radius 1 is 1.50 bits per heavy atom. The van der Waals surface area contributed by atoms with Crippen molar-refractivity contribution in [3.05, 3.63) is 45.7 Å². The molecule has 0 aliphatic rings. The minimum absolute atomic E-state index is 0.177. The monoisotopic (exact) mass is 311 g/mol. The van der Waals surface area contributed by atoms with Gasteiger partial charge in [-0.2, -0.15) is 0 Å². The van der Waals surface area contributed by atoms with Gasteiger partial charge < -0.3 is 0 Å². The first-order valence-corrected chi connectivity index (χ1v) is 7.05. The smallest absolute Gasteiger partial charge is 0.250 e. The number of halogens is 2. The molecule has 4 nitrogen and oxygen atoms in total. The molecule has 0 fully saturated rings. The van der Waals surface area contributed by atoms with Gasteiger partial charge in [0.05, 0.1) is 5.02 Å². The lowest BCUT2D eigenvalue weighted by Crippen LogP contribution is -2.07. The van der Waals surface area contributed by atoms with E-state index in [0.717, 1.165) is 11.4 Å². The Labute approximate surface area is 124 Å². The van der Waals surface area contributed by atoms with Gasteiger partial charge in [0.25, 0.3) is 0 Å². The van der Waals surface area contributed by atoms with Crippen LogP contribution in [0.2, 0.25) is 5.02 Å². The number of amides is 1. The van der Waals surface area contributed by atoms with Crippen molar-refractivity contribution >= 4 is 40.1 Å². The van der Waals surface area contributed by atoms with Crippen LogP contribution < -0.4 is 5.32 Å². The van der Waals surface area contributed by atoms with Crippen molar-refractivity contribution in [3.8, 4) is 0 Å². The number of hydrogen-bond acceptors (Lipinski definition) is 4. The van der Waals surface area contributed by atoms with Crippen molar-refractivity contribution in [2.75, 3.05) is 5.32 Å². The Morgan fingerprint density at radius 3 is 2.95 bits per heavy atom. The van der Waals surface area contributed by atoms with Gasteiger partial charge in [-0.3, -0.25) is 10.1 Å². The second kappa shape index (κ2) is 6.58. The molecule has 0 spiro atoms. The summed E-state index contributed by atoms with van der Waals surface area (Å²) in [6, 6.07) is 4.34. The number of rotatable bonds is 4. The molecule has 1 aromatic carbocycles. The molecule has 0 aliphatic heterocycles. The Bertz CT molecular complexity index is 637. The molecule has 1 heterocycles. The standard InChI is InChI=1S/C13H11ClFN3OS/c1-2-12-17-18-13(20-12)16-11(19)7-6-8-9(14)4-3-5-10(8)15/h3-7H,2H2,1H3,(H,16,18,19)/b7-6+. The van der Waals surface area contributed by atoms with Crippen LogP contribution in [0.15, 0.2) is 24.3 Å². The summed E-state index contributed by atoms with van der Waals surface area (Å²) in [5.41, 5.74) is 0.177. The van der Waals surface area contributed by atoms with Crippen LogP contribution in [0.25, 0.3) is 6.08 Å². The molecule has 0 aliphatic carbocycles. The van der Waals surface area contributed by atoms with E-state index >= 15 is 0 Å². The lowest BCUT2D eigenvalue weighted by atomic mass is 10.2. The number of nitrogens with one attached hydrogen (secondary N) is 1. The fourth-order valence-corrected chi connectivity index (χ4v) is 2.33. The Balaban J connectivity index is 2.06. The van der Waals surface area contributed by atoms with E-state index in [1.165, 1.54) is 35.6 Å². The number of anilines is 1. The first-order chi connectivity index (χ1) is 9.60. The van der Waals surface area contributed by atoms with E-state index < -0.39 is 11.7 Å². The molecule has 0 unspecified atom stereocenters. The summed E-state index contributed by atoms with van der Waals surface area (Å²) in [6.07, 6.45) is 3.29. The summed E-state index contributed by atoms with van der Waals surface area (Å²) < 4.78 is 13.5. The van der Waals surface area contributed by atoms with Gasteiger partial charge in [0.1, 0.15) is 10.8 Å². The zero-order valence-corrected chi connectivity index (χ0v) is 12.1. The van der Waals surface area contributed by atoms with Gasteiger partial charge in [-0.25, -0.2) is 4.39 Å². The SMILES string of the molecule is CCc1nnc(NC(=O)/C=C/c2c(F)cccc2Cl)s1. The minimum Gasteiger partial charge on any atom is -0.297 e. The molecule has 104 valence electrons. The van der Waals surface area contributed by atoms with Gasteiger partial charge in [-0.05, 0) is 24.6 Å². The van der Waals surface area contributed by atoms with Crippen molar-refractivity contribution in [1.29, 1.82) is 0 Å². The maximum absolute atomic E-state index is 13.5. The molecule has 0 saturated carbocycles. The summed E-state index contributed by atoms with van der Waals surface area (Å²) >= 11 is 7.15. The molecular weight excluding hydrogens is 301 g/mol. The maximum atomic E-state index is 13.5. The number of carbonyl (C=O) groups excluding carboxylic acids is 1. The van der Waals surface area contributed by atoms with Crippen LogP contribution in [-0.4, -0.2) is 16.1 Å². The number of aryl methyl sites for hydroxylation is 1. The van der Waals surface area contributed by atoms with Gasteiger partial charge >= 0.3 is 0 Å². The van der Waals surface area contributed by atoms with E-state index in [4.69, 9.17) is 11.6 Å². The molecule has 0 saturated heterocycles. The number of nitrogens with zero attached hydrogens (tertiary/aromatic N) is 2. The van der Waals surface area contributed by atoms with E-state index in [1.807, 2.05) is 6.92 Å². The molecule has 0 bridgehead atoms. The summed E-state index contributed by atoms with van der Waals surface area (Å²) in [7, 11) is 0. The van der Waals surface area contributed by atoms with Gasteiger partial charge in [-0.15, -0.1) is 10.2 Å². The summed E-state index contributed by atoms with van der Waals surface area (Å²) in [6.45, 7) is 1.95. The van der Waals surface area contributed by atoms with Crippen LogP contribution in [0.4, 0.5) is 9.52 Å². The van der Waals surface area contributed by atoms with E-state index in [0.29, 0.717) is 5.13 Å². The average molecular weight is 312 g/mol. The van der Waals surface area contributed by atoms with Crippen LogP contribution in [0, 0.1) is 5.82 Å². The van der Waals surface area contributed by atoms with Crippen LogP contribution in [0.1, 0.15) is 17.5 Å². The van der Waals surface area contributed by atoms with Gasteiger partial charge in [0.15, 0.2) is 0 Å². The highest BCUT2D eigenvalue weighted by atomic mass is 35.5. The zero-order chi connectivity index (χ0) is 14.5. The molecule has 1 amide bonds. The van der Waals surface area contributed by atoms with Gasteiger partial charge in [0.2, 0.25) is 11.0 Å². The van der Waals surface area contributed by atoms with Gasteiger partial charge in [0, 0.05) is 11.6 Å². The third kappa shape index (κ3) is 3.61. The lowest BCUT2D eigenvalue weighted by molar-refractivity contribution is -0.111. The minimum atomic E-state index is -0.481. The number of aromatic nitrogens is 2. The quantitative estimate of drug-likeness (QED) is 0.879. The molecule has 2 aromatic rings. The third-order valence-electron chi connectivity index (χ3n) is 2.40. The van der Waals surface area contributed by atoms with Crippen LogP contribution in [-0.2, 0) is 11.2 Å². The van der Waals surface area contributed by atoms with Crippen LogP contribution in [0.5, 0.6) is 0 Å². The van der Waals surface area contributed by atoms with Crippen molar-refractivity contribution in [1.82, 2.24) is 10.2 Å². The van der Waals surface area contributed by atoms with E-state index in [1.54, 1.807) is 6.07 Å². The molecule has 1 aromatic heterocycles. The first-order valence-electron chi connectivity index (χ1n) is 5.85. The zero-order valence-electron chi connectivity index (χ0n) is 10.6. The summed E-state index contributed by atoms with van der Waals surface area (Å²) in [4.78, 5) is 11.7. The summed E-state index contributed by atoms with van der Waals surface area (Å²) in [5.74, 6) is -0.895. The number of carbonyl (C=O) groups is 1. The van der Waals surface area contributed by atoms with E-state index in [2.05, 4.69) is 15.5 Å². The predicted octanol–water partition coefficient (Wildman–Crippen LogP) is 3.54. The Kier molecular flexibility index (Phi) is 4.81. The predicted molar refractivity (Wildman–Crippen MR) is 78.4 cm³/mol. The second-order valence-corrected chi connectivity index (χ2v) is 5.28. The third-order valence-corrected chi connectivity index (χ3v) is 3.71. The van der Waals surface area contributed by atoms with Crippen molar-refractivity contribution in [3.63, 3.8) is 0 Å². The van der Waals surface area contributed by atoms with E-state index in [9.17, 15) is 9.18 Å². The average Bonchev–Trinajstić information content (AvgIpc) is 2.86. The van der Waals surface area contributed by atoms with Crippen molar-refractivity contribution < 1.29 is 9.18 Å². The molecule has 20 heavy (non-hydrogen) atoms. The van der Waals surface area contributed by atoms with Crippen molar-refractivity contribution in [2.24, 2.45) is 0 Å². The molecular formula is C13H11ClFN3OS.